The third kappa shape index (κ3) is 2.73. The summed E-state index contributed by atoms with van der Waals surface area (Å²) in [4.78, 5) is 12.0. The fourth-order valence-electron chi connectivity index (χ4n) is 2.25. The number of carbonyl (C=O) groups excluding carboxylic acids is 1. The first-order valence-electron chi connectivity index (χ1n) is 5.80. The zero-order valence-corrected chi connectivity index (χ0v) is 10.4. The lowest BCUT2D eigenvalue weighted by molar-refractivity contribution is -0.127. The highest BCUT2D eigenvalue weighted by atomic mass is 16.5. The van der Waals surface area contributed by atoms with E-state index in [1.165, 1.54) is 0 Å². The third-order valence-electron chi connectivity index (χ3n) is 3.33. The van der Waals surface area contributed by atoms with Crippen molar-refractivity contribution < 1.29 is 9.53 Å². The van der Waals surface area contributed by atoms with Crippen LogP contribution in [0.25, 0.3) is 0 Å². The summed E-state index contributed by atoms with van der Waals surface area (Å²) in [7, 11) is 0. The van der Waals surface area contributed by atoms with Gasteiger partial charge in [-0.3, -0.25) is 4.79 Å². The molecule has 1 rings (SSSR count). The molecular formula is C12H20N2O2. The van der Waals surface area contributed by atoms with Gasteiger partial charge in [-0.2, -0.15) is 5.26 Å². The molecule has 1 aliphatic rings. The monoisotopic (exact) mass is 224 g/mol. The van der Waals surface area contributed by atoms with E-state index in [4.69, 9.17) is 10.00 Å². The van der Waals surface area contributed by atoms with Crippen molar-refractivity contribution in [3.05, 3.63) is 0 Å². The topological polar surface area (TPSA) is 62.1 Å². The van der Waals surface area contributed by atoms with E-state index in [-0.39, 0.29) is 36.0 Å². The van der Waals surface area contributed by atoms with Gasteiger partial charge in [0.05, 0.1) is 30.6 Å². The Morgan fingerprint density at radius 3 is 2.50 bits per heavy atom. The van der Waals surface area contributed by atoms with Crippen molar-refractivity contribution in [1.29, 1.82) is 5.26 Å². The van der Waals surface area contributed by atoms with Crippen LogP contribution in [-0.4, -0.2) is 24.2 Å². The summed E-state index contributed by atoms with van der Waals surface area (Å²) in [6.07, 6.45) is 0.425. The largest absolute Gasteiger partial charge is 0.374 e. The van der Waals surface area contributed by atoms with Crippen molar-refractivity contribution in [2.75, 3.05) is 0 Å². The van der Waals surface area contributed by atoms with Crippen LogP contribution in [0, 0.1) is 23.2 Å². The van der Waals surface area contributed by atoms with E-state index < -0.39 is 0 Å². The Bertz CT molecular complexity index is 298. The molecule has 0 aromatic heterocycles. The van der Waals surface area contributed by atoms with Gasteiger partial charge in [0.1, 0.15) is 0 Å². The van der Waals surface area contributed by atoms with E-state index in [0.29, 0.717) is 6.42 Å². The molecule has 1 aliphatic heterocycles. The van der Waals surface area contributed by atoms with Gasteiger partial charge in [-0.1, -0.05) is 6.92 Å². The number of hydrogen-bond acceptors (Lipinski definition) is 3. The van der Waals surface area contributed by atoms with E-state index in [2.05, 4.69) is 5.32 Å². The van der Waals surface area contributed by atoms with Crippen LogP contribution < -0.4 is 5.32 Å². The van der Waals surface area contributed by atoms with Gasteiger partial charge in [-0.05, 0) is 26.7 Å². The number of nitrogens with one attached hydrogen (secondary N) is 1. The van der Waals surface area contributed by atoms with Crippen LogP contribution in [-0.2, 0) is 9.53 Å². The second kappa shape index (κ2) is 5.31. The van der Waals surface area contributed by atoms with E-state index in [9.17, 15) is 4.79 Å². The fraction of sp³-hybridized carbons (Fsp3) is 0.833. The Labute approximate surface area is 97.0 Å². The molecule has 5 atom stereocenters. The first-order chi connectivity index (χ1) is 7.47. The van der Waals surface area contributed by atoms with Crippen LogP contribution >= 0.6 is 0 Å². The molecule has 0 spiro atoms. The zero-order valence-electron chi connectivity index (χ0n) is 10.4. The minimum Gasteiger partial charge on any atom is -0.374 e. The summed E-state index contributed by atoms with van der Waals surface area (Å²) in [6, 6.07) is 1.96. The van der Waals surface area contributed by atoms with Crippen LogP contribution in [0.15, 0.2) is 0 Å². The summed E-state index contributed by atoms with van der Waals surface area (Å²) in [5.41, 5.74) is 0. The highest BCUT2D eigenvalue weighted by Crippen LogP contribution is 2.32. The molecule has 0 aliphatic carbocycles. The number of amides is 1. The lowest BCUT2D eigenvalue weighted by atomic mass is 9.88. The van der Waals surface area contributed by atoms with Crippen LogP contribution in [0.5, 0.6) is 0 Å². The Morgan fingerprint density at radius 2 is 2.06 bits per heavy atom. The van der Waals surface area contributed by atoms with Gasteiger partial charge in [0.25, 0.3) is 0 Å². The van der Waals surface area contributed by atoms with Gasteiger partial charge >= 0.3 is 0 Å². The Kier molecular flexibility index (Phi) is 4.31. The van der Waals surface area contributed by atoms with Crippen molar-refractivity contribution in [3.8, 4) is 6.07 Å². The lowest BCUT2D eigenvalue weighted by Gasteiger charge is -2.20. The molecule has 1 fully saturated rings. The van der Waals surface area contributed by atoms with Crippen molar-refractivity contribution in [2.45, 2.75) is 52.4 Å². The predicted octanol–water partition coefficient (Wildman–Crippen LogP) is 1.46. The highest BCUT2D eigenvalue weighted by Gasteiger charge is 2.41. The van der Waals surface area contributed by atoms with E-state index >= 15 is 0 Å². The van der Waals surface area contributed by atoms with Gasteiger partial charge in [0.15, 0.2) is 0 Å². The Morgan fingerprint density at radius 1 is 1.44 bits per heavy atom. The molecule has 1 saturated heterocycles. The summed E-state index contributed by atoms with van der Waals surface area (Å²) in [5, 5.41) is 11.4. The van der Waals surface area contributed by atoms with E-state index in [1.807, 2.05) is 33.8 Å². The Hall–Kier alpha value is -1.08. The van der Waals surface area contributed by atoms with Gasteiger partial charge < -0.3 is 10.1 Å². The van der Waals surface area contributed by atoms with Crippen molar-refractivity contribution in [3.63, 3.8) is 0 Å². The minimum atomic E-state index is -0.101. The molecule has 0 bridgehead atoms. The molecule has 4 nitrogen and oxygen atoms in total. The van der Waals surface area contributed by atoms with Crippen LogP contribution in [0.4, 0.5) is 0 Å². The maximum absolute atomic E-state index is 12.0. The van der Waals surface area contributed by atoms with E-state index in [0.717, 1.165) is 0 Å². The minimum absolute atomic E-state index is 0.00657. The first kappa shape index (κ1) is 13.0. The SMILES string of the molecule is CC(CC#N)NC(=O)C1C(C)OC(C)C1C. The maximum Gasteiger partial charge on any atom is 0.226 e. The predicted molar refractivity (Wildman–Crippen MR) is 60.5 cm³/mol. The van der Waals surface area contributed by atoms with Crippen molar-refractivity contribution in [1.82, 2.24) is 5.32 Å². The quantitative estimate of drug-likeness (QED) is 0.789. The molecule has 1 amide bonds. The number of nitriles is 1. The molecule has 0 saturated carbocycles. The number of ether oxygens (including phenoxy) is 1. The molecule has 4 heteroatoms. The van der Waals surface area contributed by atoms with Gasteiger partial charge in [-0.25, -0.2) is 0 Å². The Balaban J connectivity index is 2.57. The summed E-state index contributed by atoms with van der Waals surface area (Å²) in [6.45, 7) is 7.80. The molecular weight excluding hydrogens is 204 g/mol. The van der Waals surface area contributed by atoms with Crippen molar-refractivity contribution >= 4 is 5.91 Å². The van der Waals surface area contributed by atoms with Crippen LogP contribution in [0.3, 0.4) is 0 Å². The molecule has 0 aromatic rings. The highest BCUT2D eigenvalue weighted by molar-refractivity contribution is 5.80. The standard InChI is InChI=1S/C12H20N2O2/c1-7(5-6-13)14-12(15)11-8(2)9(3)16-10(11)4/h7-11H,5H2,1-4H3,(H,14,15). The smallest absolute Gasteiger partial charge is 0.226 e. The lowest BCUT2D eigenvalue weighted by Crippen LogP contribution is -2.41. The maximum atomic E-state index is 12.0. The second-order valence-electron chi connectivity index (χ2n) is 4.70. The van der Waals surface area contributed by atoms with Crippen molar-refractivity contribution in [2.24, 2.45) is 11.8 Å². The average molecular weight is 224 g/mol. The number of nitrogens with zero attached hydrogens (tertiary/aromatic N) is 1. The van der Waals surface area contributed by atoms with Gasteiger partial charge in [0, 0.05) is 6.04 Å². The molecule has 0 aromatic carbocycles. The molecule has 1 heterocycles. The number of rotatable bonds is 3. The summed E-state index contributed by atoms with van der Waals surface area (Å²) >= 11 is 0. The number of hydrogen-bond donors (Lipinski definition) is 1. The molecule has 0 radical (unpaired) electrons. The average Bonchev–Trinajstić information content (AvgIpc) is 2.41. The van der Waals surface area contributed by atoms with E-state index in [1.54, 1.807) is 0 Å². The van der Waals surface area contributed by atoms with Gasteiger partial charge in [0.2, 0.25) is 5.91 Å². The first-order valence-corrected chi connectivity index (χ1v) is 5.80. The molecule has 5 unspecified atom stereocenters. The molecule has 16 heavy (non-hydrogen) atoms. The third-order valence-corrected chi connectivity index (χ3v) is 3.33. The number of carbonyl (C=O) groups is 1. The molecule has 90 valence electrons. The summed E-state index contributed by atoms with van der Waals surface area (Å²) in [5.74, 6) is 0.132. The van der Waals surface area contributed by atoms with Gasteiger partial charge in [-0.15, -0.1) is 0 Å². The van der Waals surface area contributed by atoms with Crippen LogP contribution in [0.1, 0.15) is 34.1 Å². The summed E-state index contributed by atoms with van der Waals surface area (Å²) < 4.78 is 5.62. The normalized spacial score (nSPS) is 35.4. The fourth-order valence-corrected chi connectivity index (χ4v) is 2.25. The van der Waals surface area contributed by atoms with Crippen LogP contribution in [0.2, 0.25) is 0 Å². The zero-order chi connectivity index (χ0) is 12.3. The second-order valence-corrected chi connectivity index (χ2v) is 4.70. The molecule has 1 N–H and O–H groups in total.